The second-order valence-electron chi connectivity index (χ2n) is 3.72. The lowest BCUT2D eigenvalue weighted by Crippen LogP contribution is -2.49. The molecule has 0 saturated carbocycles. The van der Waals surface area contributed by atoms with Crippen LogP contribution in [0.4, 0.5) is 4.79 Å². The van der Waals surface area contributed by atoms with Gasteiger partial charge in [0.2, 0.25) is 0 Å². The van der Waals surface area contributed by atoms with E-state index in [-0.39, 0.29) is 18.1 Å². The molecule has 2 rings (SSSR count). The minimum atomic E-state index is -0.0717. The van der Waals surface area contributed by atoms with E-state index in [1.54, 1.807) is 0 Å². The summed E-state index contributed by atoms with van der Waals surface area (Å²) in [6.07, 6.45) is 0.940. The summed E-state index contributed by atoms with van der Waals surface area (Å²) in [5, 5.41) is 5.74. The first-order chi connectivity index (χ1) is 6.75. The fourth-order valence-corrected chi connectivity index (χ4v) is 1.80. The van der Waals surface area contributed by atoms with Gasteiger partial charge in [-0.25, -0.2) is 4.79 Å². The summed E-state index contributed by atoms with van der Waals surface area (Å²) in [6, 6.07) is 10.4. The fourth-order valence-electron chi connectivity index (χ4n) is 1.80. The predicted molar refractivity (Wildman–Crippen MR) is 54.9 cm³/mol. The normalized spacial score (nSPS) is 26.5. The van der Waals surface area contributed by atoms with Crippen molar-refractivity contribution in [2.75, 3.05) is 0 Å². The zero-order chi connectivity index (χ0) is 9.97. The molecule has 0 spiro atoms. The van der Waals surface area contributed by atoms with Crippen molar-refractivity contribution in [1.29, 1.82) is 0 Å². The van der Waals surface area contributed by atoms with Gasteiger partial charge in [0.1, 0.15) is 0 Å². The fraction of sp³-hybridized carbons (Fsp3) is 0.364. The Labute approximate surface area is 83.5 Å². The van der Waals surface area contributed by atoms with Gasteiger partial charge in [0.25, 0.3) is 0 Å². The minimum absolute atomic E-state index is 0.0717. The molecular weight excluding hydrogens is 176 g/mol. The molecule has 3 nitrogen and oxygen atoms in total. The maximum Gasteiger partial charge on any atom is 0.315 e. The molecule has 1 fully saturated rings. The first kappa shape index (κ1) is 9.06. The van der Waals surface area contributed by atoms with Crippen molar-refractivity contribution in [3.8, 4) is 0 Å². The maximum absolute atomic E-state index is 11.2. The first-order valence-electron chi connectivity index (χ1n) is 4.87. The van der Waals surface area contributed by atoms with E-state index in [1.165, 1.54) is 5.56 Å². The zero-order valence-corrected chi connectivity index (χ0v) is 8.16. The Morgan fingerprint density at radius 3 is 2.57 bits per heavy atom. The summed E-state index contributed by atoms with van der Waals surface area (Å²) >= 11 is 0. The number of hydrogen-bond acceptors (Lipinski definition) is 1. The Balaban J connectivity index is 2.15. The van der Waals surface area contributed by atoms with Crippen molar-refractivity contribution in [3.63, 3.8) is 0 Å². The monoisotopic (exact) mass is 190 g/mol. The van der Waals surface area contributed by atoms with Crippen LogP contribution in [0.2, 0.25) is 0 Å². The summed E-state index contributed by atoms with van der Waals surface area (Å²) in [6.45, 7) is 2.02. The molecule has 1 aromatic carbocycles. The van der Waals surface area contributed by atoms with E-state index in [9.17, 15) is 4.79 Å². The Kier molecular flexibility index (Phi) is 2.39. The van der Waals surface area contributed by atoms with Gasteiger partial charge in [-0.2, -0.15) is 0 Å². The average Bonchev–Trinajstić information content (AvgIpc) is 2.18. The molecule has 14 heavy (non-hydrogen) atoms. The Bertz CT molecular complexity index is 323. The summed E-state index contributed by atoms with van der Waals surface area (Å²) < 4.78 is 0. The van der Waals surface area contributed by atoms with Crippen LogP contribution in [-0.4, -0.2) is 12.1 Å². The third-order valence-corrected chi connectivity index (χ3v) is 2.47. The lowest BCUT2D eigenvalue weighted by Gasteiger charge is -2.29. The lowest BCUT2D eigenvalue weighted by molar-refractivity contribution is 0.221. The van der Waals surface area contributed by atoms with Gasteiger partial charge in [0.15, 0.2) is 0 Å². The molecule has 1 heterocycles. The molecule has 0 aromatic heterocycles. The van der Waals surface area contributed by atoms with Crippen LogP contribution in [0.25, 0.3) is 0 Å². The second kappa shape index (κ2) is 3.70. The van der Waals surface area contributed by atoms with Gasteiger partial charge >= 0.3 is 6.03 Å². The molecule has 0 aliphatic carbocycles. The highest BCUT2D eigenvalue weighted by Gasteiger charge is 2.23. The second-order valence-corrected chi connectivity index (χ2v) is 3.72. The standard InChI is InChI=1S/C11H14N2O/c1-8-7-10(13-11(14)12-8)9-5-3-2-4-6-9/h2-6,8,10H,7H2,1H3,(H2,12,13,14). The molecule has 1 aliphatic rings. The van der Waals surface area contributed by atoms with E-state index in [0.29, 0.717) is 0 Å². The average molecular weight is 190 g/mol. The van der Waals surface area contributed by atoms with E-state index in [2.05, 4.69) is 10.6 Å². The molecule has 1 saturated heterocycles. The number of carbonyl (C=O) groups excluding carboxylic acids is 1. The smallest absolute Gasteiger partial charge is 0.315 e. The Hall–Kier alpha value is -1.51. The van der Waals surface area contributed by atoms with Crippen LogP contribution in [0, 0.1) is 0 Å². The molecule has 1 aliphatic heterocycles. The number of hydrogen-bond donors (Lipinski definition) is 2. The predicted octanol–water partition coefficient (Wildman–Crippen LogP) is 1.82. The largest absolute Gasteiger partial charge is 0.336 e. The number of amides is 2. The quantitative estimate of drug-likeness (QED) is 0.696. The minimum Gasteiger partial charge on any atom is -0.336 e. The van der Waals surface area contributed by atoms with Gasteiger partial charge in [-0.15, -0.1) is 0 Å². The topological polar surface area (TPSA) is 41.1 Å². The molecule has 3 heteroatoms. The number of rotatable bonds is 1. The van der Waals surface area contributed by atoms with E-state index in [0.717, 1.165) is 6.42 Å². The highest BCUT2D eigenvalue weighted by Crippen LogP contribution is 2.20. The van der Waals surface area contributed by atoms with Gasteiger partial charge in [0.05, 0.1) is 6.04 Å². The molecule has 0 bridgehead atoms. The summed E-state index contributed by atoms with van der Waals surface area (Å²) in [4.78, 5) is 11.2. The van der Waals surface area contributed by atoms with Crippen molar-refractivity contribution >= 4 is 6.03 Å². The molecular formula is C11H14N2O. The van der Waals surface area contributed by atoms with Crippen LogP contribution in [0.3, 0.4) is 0 Å². The van der Waals surface area contributed by atoms with Crippen molar-refractivity contribution in [2.45, 2.75) is 25.4 Å². The van der Waals surface area contributed by atoms with Crippen molar-refractivity contribution in [3.05, 3.63) is 35.9 Å². The molecule has 1 aromatic rings. The summed E-state index contributed by atoms with van der Waals surface area (Å²) in [5.74, 6) is 0. The first-order valence-corrected chi connectivity index (χ1v) is 4.87. The molecule has 2 amide bonds. The van der Waals surface area contributed by atoms with Gasteiger partial charge in [-0.1, -0.05) is 30.3 Å². The SMILES string of the molecule is CC1CC(c2ccccc2)NC(=O)N1. The van der Waals surface area contributed by atoms with Crippen LogP contribution >= 0.6 is 0 Å². The number of urea groups is 1. The number of carbonyl (C=O) groups is 1. The van der Waals surface area contributed by atoms with Crippen molar-refractivity contribution < 1.29 is 4.79 Å². The lowest BCUT2D eigenvalue weighted by atomic mass is 9.98. The van der Waals surface area contributed by atoms with Gasteiger partial charge in [-0.05, 0) is 18.9 Å². The Morgan fingerprint density at radius 1 is 1.21 bits per heavy atom. The van der Waals surface area contributed by atoms with Crippen LogP contribution in [0.15, 0.2) is 30.3 Å². The van der Waals surface area contributed by atoms with E-state index < -0.39 is 0 Å². The van der Waals surface area contributed by atoms with Crippen molar-refractivity contribution in [1.82, 2.24) is 10.6 Å². The van der Waals surface area contributed by atoms with Gasteiger partial charge in [-0.3, -0.25) is 0 Å². The van der Waals surface area contributed by atoms with Crippen LogP contribution in [0.1, 0.15) is 24.9 Å². The summed E-state index contributed by atoms with van der Waals surface area (Å²) in [7, 11) is 0. The van der Waals surface area contributed by atoms with Crippen LogP contribution in [-0.2, 0) is 0 Å². The third kappa shape index (κ3) is 1.87. The highest BCUT2D eigenvalue weighted by molar-refractivity contribution is 5.75. The third-order valence-electron chi connectivity index (χ3n) is 2.47. The number of benzene rings is 1. The van der Waals surface area contributed by atoms with Gasteiger partial charge < -0.3 is 10.6 Å². The molecule has 2 unspecified atom stereocenters. The van der Waals surface area contributed by atoms with E-state index >= 15 is 0 Å². The molecule has 2 atom stereocenters. The van der Waals surface area contributed by atoms with Crippen LogP contribution < -0.4 is 10.6 Å². The highest BCUT2D eigenvalue weighted by atomic mass is 16.2. The number of nitrogens with one attached hydrogen (secondary N) is 2. The van der Waals surface area contributed by atoms with E-state index in [1.807, 2.05) is 37.3 Å². The molecule has 74 valence electrons. The molecule has 2 N–H and O–H groups in total. The van der Waals surface area contributed by atoms with Crippen LogP contribution in [0.5, 0.6) is 0 Å². The van der Waals surface area contributed by atoms with Gasteiger partial charge in [0, 0.05) is 6.04 Å². The van der Waals surface area contributed by atoms with Crippen molar-refractivity contribution in [2.24, 2.45) is 0 Å². The maximum atomic E-state index is 11.2. The molecule has 0 radical (unpaired) electrons. The summed E-state index contributed by atoms with van der Waals surface area (Å²) in [5.41, 5.74) is 1.18. The van der Waals surface area contributed by atoms with E-state index in [4.69, 9.17) is 0 Å². The Morgan fingerprint density at radius 2 is 1.93 bits per heavy atom. The zero-order valence-electron chi connectivity index (χ0n) is 8.16.